The molecule has 1 aliphatic rings. The number of likely N-dealkylation sites (tertiary alicyclic amines) is 1. The van der Waals surface area contributed by atoms with Crippen molar-refractivity contribution >= 4 is 11.9 Å². The van der Waals surface area contributed by atoms with Gasteiger partial charge in [0, 0.05) is 12.5 Å². The molecule has 1 heterocycles. The van der Waals surface area contributed by atoms with Gasteiger partial charge in [-0.1, -0.05) is 26.7 Å². The Bertz CT molecular complexity index is 278. The van der Waals surface area contributed by atoms with Gasteiger partial charge in [-0.05, 0) is 25.7 Å². The van der Waals surface area contributed by atoms with Gasteiger partial charge in [0.15, 0.2) is 0 Å². The lowest BCUT2D eigenvalue weighted by atomic mass is 9.97. The van der Waals surface area contributed by atoms with Crippen LogP contribution in [0.2, 0.25) is 0 Å². The molecule has 0 aromatic rings. The van der Waals surface area contributed by atoms with E-state index in [4.69, 9.17) is 5.11 Å². The number of rotatable bonds is 6. The molecule has 1 saturated heterocycles. The third-order valence-corrected chi connectivity index (χ3v) is 3.57. The van der Waals surface area contributed by atoms with Crippen LogP contribution < -0.4 is 0 Å². The molecule has 17 heavy (non-hydrogen) atoms. The first-order valence-electron chi connectivity index (χ1n) is 6.65. The van der Waals surface area contributed by atoms with Crippen molar-refractivity contribution in [3.63, 3.8) is 0 Å². The second kappa shape index (κ2) is 6.62. The van der Waals surface area contributed by atoms with E-state index < -0.39 is 12.0 Å². The minimum Gasteiger partial charge on any atom is -0.480 e. The lowest BCUT2D eigenvalue weighted by Gasteiger charge is -2.26. The molecule has 2 unspecified atom stereocenters. The first-order chi connectivity index (χ1) is 8.11. The molecule has 0 aliphatic carbocycles. The molecule has 0 bridgehead atoms. The fraction of sp³-hybridized carbons (Fsp3) is 0.846. The molecule has 0 spiro atoms. The molecule has 98 valence electrons. The van der Waals surface area contributed by atoms with Crippen LogP contribution in [-0.4, -0.2) is 34.5 Å². The zero-order chi connectivity index (χ0) is 12.8. The third-order valence-electron chi connectivity index (χ3n) is 3.57. The number of carboxylic acid groups (broad SMARTS) is 1. The van der Waals surface area contributed by atoms with E-state index in [-0.39, 0.29) is 11.8 Å². The molecule has 0 aromatic carbocycles. The molecule has 4 heteroatoms. The van der Waals surface area contributed by atoms with Crippen LogP contribution in [0.5, 0.6) is 0 Å². The van der Waals surface area contributed by atoms with E-state index in [9.17, 15) is 9.59 Å². The minimum atomic E-state index is -0.860. The van der Waals surface area contributed by atoms with Crippen LogP contribution in [0.15, 0.2) is 0 Å². The van der Waals surface area contributed by atoms with Crippen molar-refractivity contribution < 1.29 is 14.7 Å². The summed E-state index contributed by atoms with van der Waals surface area (Å²) < 4.78 is 0. The average molecular weight is 241 g/mol. The molecule has 0 radical (unpaired) electrons. The maximum absolute atomic E-state index is 12.3. The summed E-state index contributed by atoms with van der Waals surface area (Å²) in [5.74, 6) is -0.804. The van der Waals surface area contributed by atoms with Gasteiger partial charge in [0.05, 0.1) is 0 Å². The van der Waals surface area contributed by atoms with E-state index in [1.54, 1.807) is 4.90 Å². The lowest BCUT2D eigenvalue weighted by Crippen LogP contribution is -2.43. The van der Waals surface area contributed by atoms with Gasteiger partial charge in [0.25, 0.3) is 0 Å². The standard InChI is InChI=1S/C13H23NO3/c1-3-5-7-10(4-2)12(15)14-9-6-8-11(14)13(16)17/h10-11H,3-9H2,1-2H3,(H,16,17). The minimum absolute atomic E-state index is 0.00917. The summed E-state index contributed by atoms with van der Waals surface area (Å²) in [6.07, 6.45) is 5.22. The largest absolute Gasteiger partial charge is 0.480 e. The van der Waals surface area contributed by atoms with Crippen molar-refractivity contribution in [1.29, 1.82) is 0 Å². The second-order valence-electron chi connectivity index (χ2n) is 4.78. The van der Waals surface area contributed by atoms with Crippen molar-refractivity contribution in [3.05, 3.63) is 0 Å². The van der Waals surface area contributed by atoms with Crippen molar-refractivity contribution in [3.8, 4) is 0 Å². The third kappa shape index (κ3) is 3.45. The van der Waals surface area contributed by atoms with Crippen LogP contribution in [0.3, 0.4) is 0 Å². The Morgan fingerprint density at radius 1 is 1.41 bits per heavy atom. The highest BCUT2D eigenvalue weighted by molar-refractivity contribution is 5.85. The number of hydrogen-bond acceptors (Lipinski definition) is 2. The van der Waals surface area contributed by atoms with Crippen molar-refractivity contribution in [2.75, 3.05) is 6.54 Å². The summed E-state index contributed by atoms with van der Waals surface area (Å²) in [4.78, 5) is 24.9. The molecule has 2 atom stereocenters. The Kier molecular flexibility index (Phi) is 5.45. The van der Waals surface area contributed by atoms with Gasteiger partial charge in [-0.15, -0.1) is 0 Å². The summed E-state index contributed by atoms with van der Waals surface area (Å²) in [5, 5.41) is 9.07. The number of hydrogen-bond donors (Lipinski definition) is 1. The number of unbranched alkanes of at least 4 members (excludes halogenated alkanes) is 1. The number of amides is 1. The first-order valence-corrected chi connectivity index (χ1v) is 6.65. The van der Waals surface area contributed by atoms with E-state index in [0.717, 1.165) is 32.1 Å². The van der Waals surface area contributed by atoms with Crippen molar-refractivity contribution in [1.82, 2.24) is 4.90 Å². The SMILES string of the molecule is CCCCC(CC)C(=O)N1CCCC1C(=O)O. The van der Waals surface area contributed by atoms with E-state index >= 15 is 0 Å². The molecular formula is C13H23NO3. The number of nitrogens with zero attached hydrogens (tertiary/aromatic N) is 1. The monoisotopic (exact) mass is 241 g/mol. The molecular weight excluding hydrogens is 218 g/mol. The molecule has 1 aliphatic heterocycles. The topological polar surface area (TPSA) is 57.6 Å². The highest BCUT2D eigenvalue weighted by atomic mass is 16.4. The smallest absolute Gasteiger partial charge is 0.326 e. The Balaban J connectivity index is 2.63. The van der Waals surface area contributed by atoms with Crippen LogP contribution in [0.4, 0.5) is 0 Å². The molecule has 4 nitrogen and oxygen atoms in total. The summed E-state index contributed by atoms with van der Waals surface area (Å²) in [6.45, 7) is 4.72. The number of aliphatic carboxylic acids is 1. The van der Waals surface area contributed by atoms with Crippen LogP contribution in [0, 0.1) is 5.92 Å². The average Bonchev–Trinajstić information content (AvgIpc) is 2.78. The van der Waals surface area contributed by atoms with Gasteiger partial charge in [-0.3, -0.25) is 4.79 Å². The summed E-state index contributed by atoms with van der Waals surface area (Å²) in [7, 11) is 0. The van der Waals surface area contributed by atoms with Gasteiger partial charge >= 0.3 is 5.97 Å². The normalized spacial score (nSPS) is 21.5. The molecule has 1 amide bonds. The predicted molar refractivity (Wildman–Crippen MR) is 65.7 cm³/mol. The first kappa shape index (κ1) is 14.0. The Morgan fingerprint density at radius 3 is 2.65 bits per heavy atom. The number of carbonyl (C=O) groups is 2. The fourth-order valence-corrected chi connectivity index (χ4v) is 2.47. The van der Waals surface area contributed by atoms with Gasteiger partial charge in [-0.2, -0.15) is 0 Å². The summed E-state index contributed by atoms with van der Waals surface area (Å²) >= 11 is 0. The van der Waals surface area contributed by atoms with E-state index in [0.29, 0.717) is 13.0 Å². The van der Waals surface area contributed by atoms with Gasteiger partial charge < -0.3 is 10.0 Å². The van der Waals surface area contributed by atoms with E-state index in [1.807, 2.05) is 6.92 Å². The summed E-state index contributed by atoms with van der Waals surface area (Å²) in [5.41, 5.74) is 0. The van der Waals surface area contributed by atoms with Crippen LogP contribution in [0.1, 0.15) is 52.4 Å². The Hall–Kier alpha value is -1.06. The Morgan fingerprint density at radius 2 is 2.12 bits per heavy atom. The van der Waals surface area contributed by atoms with Crippen LogP contribution in [-0.2, 0) is 9.59 Å². The predicted octanol–water partition coefficient (Wildman–Crippen LogP) is 2.28. The fourth-order valence-electron chi connectivity index (χ4n) is 2.47. The summed E-state index contributed by atoms with van der Waals surface area (Å²) in [6, 6.07) is -0.585. The quantitative estimate of drug-likeness (QED) is 0.776. The highest BCUT2D eigenvalue weighted by Gasteiger charge is 2.36. The van der Waals surface area contributed by atoms with Crippen LogP contribution in [0.25, 0.3) is 0 Å². The maximum atomic E-state index is 12.3. The Labute approximate surface area is 103 Å². The number of carboxylic acids is 1. The van der Waals surface area contributed by atoms with Gasteiger partial charge in [0.1, 0.15) is 6.04 Å². The van der Waals surface area contributed by atoms with Crippen molar-refractivity contribution in [2.45, 2.75) is 58.4 Å². The van der Waals surface area contributed by atoms with Crippen molar-refractivity contribution in [2.24, 2.45) is 5.92 Å². The second-order valence-corrected chi connectivity index (χ2v) is 4.78. The van der Waals surface area contributed by atoms with Gasteiger partial charge in [0.2, 0.25) is 5.91 Å². The zero-order valence-electron chi connectivity index (χ0n) is 10.8. The van der Waals surface area contributed by atoms with E-state index in [1.165, 1.54) is 0 Å². The molecule has 1 N–H and O–H groups in total. The zero-order valence-corrected chi connectivity index (χ0v) is 10.8. The van der Waals surface area contributed by atoms with Gasteiger partial charge in [-0.25, -0.2) is 4.79 Å². The maximum Gasteiger partial charge on any atom is 0.326 e. The van der Waals surface area contributed by atoms with E-state index in [2.05, 4.69) is 6.92 Å². The molecule has 0 saturated carbocycles. The molecule has 0 aromatic heterocycles. The molecule has 1 rings (SSSR count). The lowest BCUT2D eigenvalue weighted by molar-refractivity contribution is -0.150. The van der Waals surface area contributed by atoms with Crippen LogP contribution >= 0.6 is 0 Å². The molecule has 1 fully saturated rings. The highest BCUT2D eigenvalue weighted by Crippen LogP contribution is 2.23. The number of carbonyl (C=O) groups excluding carboxylic acids is 1.